The third kappa shape index (κ3) is 5.44. The van der Waals surface area contributed by atoms with Crippen LogP contribution in [0.3, 0.4) is 0 Å². The van der Waals surface area contributed by atoms with Crippen LogP contribution in [0.1, 0.15) is 19.8 Å². The molecule has 0 aromatic carbocycles. The molecule has 1 unspecified atom stereocenters. The summed E-state index contributed by atoms with van der Waals surface area (Å²) in [5, 5.41) is 14.3. The highest BCUT2D eigenvalue weighted by atomic mass is 16.5. The van der Waals surface area contributed by atoms with Crippen molar-refractivity contribution in [2.45, 2.75) is 19.8 Å². The Morgan fingerprint density at radius 1 is 1.53 bits per heavy atom. The first-order valence-corrected chi connectivity index (χ1v) is 6.74. The normalized spacial score (nSPS) is 19.1. The Balaban J connectivity index is 2.18. The van der Waals surface area contributed by atoms with E-state index in [9.17, 15) is 4.79 Å². The van der Waals surface area contributed by atoms with Gasteiger partial charge in [-0.25, -0.2) is 0 Å². The minimum atomic E-state index is -0.548. The minimum Gasteiger partial charge on any atom is -0.409 e. The van der Waals surface area contributed by atoms with Crippen LogP contribution in [0.5, 0.6) is 0 Å². The second kappa shape index (κ2) is 8.71. The van der Waals surface area contributed by atoms with Crippen LogP contribution in [0.2, 0.25) is 0 Å². The van der Waals surface area contributed by atoms with Gasteiger partial charge in [0.1, 0.15) is 0 Å². The minimum absolute atomic E-state index is 0.0341. The van der Waals surface area contributed by atoms with Gasteiger partial charge in [0.25, 0.3) is 0 Å². The number of morpholine rings is 1. The zero-order chi connectivity index (χ0) is 14.1. The number of nitrogens with one attached hydrogen (secondary N) is 1. The van der Waals surface area contributed by atoms with Gasteiger partial charge in [-0.2, -0.15) is 0 Å². The van der Waals surface area contributed by atoms with Gasteiger partial charge in [0, 0.05) is 19.6 Å². The van der Waals surface area contributed by atoms with E-state index < -0.39 is 5.92 Å². The molecule has 1 aliphatic heterocycles. The molecule has 0 aromatic rings. The maximum Gasteiger partial charge on any atom is 0.230 e. The Hall–Kier alpha value is -1.34. The Kier molecular flexibility index (Phi) is 7.20. The number of hydrogen-bond acceptors (Lipinski definition) is 5. The zero-order valence-corrected chi connectivity index (χ0v) is 11.5. The van der Waals surface area contributed by atoms with Gasteiger partial charge in [0.2, 0.25) is 5.91 Å². The molecule has 4 N–H and O–H groups in total. The van der Waals surface area contributed by atoms with Gasteiger partial charge in [0.15, 0.2) is 5.84 Å². The fourth-order valence-electron chi connectivity index (χ4n) is 2.06. The first kappa shape index (κ1) is 15.7. The Morgan fingerprint density at radius 3 is 2.79 bits per heavy atom. The molecule has 1 atom stereocenters. The number of amidine groups is 1. The molecule has 7 heteroatoms. The fourth-order valence-corrected chi connectivity index (χ4v) is 2.06. The molecule has 110 valence electrons. The molecule has 0 aliphatic carbocycles. The summed E-state index contributed by atoms with van der Waals surface area (Å²) < 4.78 is 5.27. The quantitative estimate of drug-likeness (QED) is 0.192. The average molecular weight is 272 g/mol. The van der Waals surface area contributed by atoms with Crippen molar-refractivity contribution in [2.24, 2.45) is 16.8 Å². The van der Waals surface area contributed by atoms with Crippen LogP contribution in [0.15, 0.2) is 5.16 Å². The first-order valence-electron chi connectivity index (χ1n) is 6.74. The van der Waals surface area contributed by atoms with Crippen LogP contribution in [0, 0.1) is 5.92 Å². The van der Waals surface area contributed by atoms with E-state index in [-0.39, 0.29) is 11.7 Å². The lowest BCUT2D eigenvalue weighted by Gasteiger charge is -2.26. The van der Waals surface area contributed by atoms with Crippen molar-refractivity contribution < 1.29 is 14.7 Å². The van der Waals surface area contributed by atoms with Crippen LogP contribution >= 0.6 is 0 Å². The van der Waals surface area contributed by atoms with Crippen LogP contribution < -0.4 is 11.1 Å². The van der Waals surface area contributed by atoms with E-state index >= 15 is 0 Å². The van der Waals surface area contributed by atoms with Gasteiger partial charge >= 0.3 is 0 Å². The van der Waals surface area contributed by atoms with Crippen molar-refractivity contribution >= 4 is 11.7 Å². The van der Waals surface area contributed by atoms with Gasteiger partial charge in [0.05, 0.1) is 19.1 Å². The molecule has 1 heterocycles. The lowest BCUT2D eigenvalue weighted by Crippen LogP contribution is -2.41. The SMILES string of the molecule is CCC(C(=O)NCCCN1CCOCC1)C(N)=NO. The Morgan fingerprint density at radius 2 is 2.21 bits per heavy atom. The van der Waals surface area contributed by atoms with E-state index in [0.29, 0.717) is 13.0 Å². The van der Waals surface area contributed by atoms with Gasteiger partial charge in [-0.1, -0.05) is 12.1 Å². The molecule has 0 bridgehead atoms. The molecule has 0 spiro atoms. The second-order valence-electron chi connectivity index (χ2n) is 4.58. The number of ether oxygens (including phenoxy) is 1. The monoisotopic (exact) mass is 272 g/mol. The molecule has 1 amide bonds. The van der Waals surface area contributed by atoms with E-state index in [1.54, 1.807) is 0 Å². The third-order valence-electron chi connectivity index (χ3n) is 3.25. The third-order valence-corrected chi connectivity index (χ3v) is 3.25. The van der Waals surface area contributed by atoms with E-state index in [0.717, 1.165) is 39.3 Å². The summed E-state index contributed by atoms with van der Waals surface area (Å²) >= 11 is 0. The summed E-state index contributed by atoms with van der Waals surface area (Å²) in [6, 6.07) is 0. The second-order valence-corrected chi connectivity index (χ2v) is 4.58. The highest BCUT2D eigenvalue weighted by Gasteiger charge is 2.20. The number of rotatable bonds is 7. The number of nitrogens with zero attached hydrogens (tertiary/aromatic N) is 2. The molecule has 19 heavy (non-hydrogen) atoms. The lowest BCUT2D eigenvalue weighted by atomic mass is 10.0. The van der Waals surface area contributed by atoms with Crippen molar-refractivity contribution in [3.63, 3.8) is 0 Å². The van der Waals surface area contributed by atoms with Crippen molar-refractivity contribution in [1.29, 1.82) is 0 Å². The van der Waals surface area contributed by atoms with Crippen molar-refractivity contribution in [3.05, 3.63) is 0 Å². The largest absolute Gasteiger partial charge is 0.409 e. The highest BCUT2D eigenvalue weighted by molar-refractivity contribution is 6.01. The maximum absolute atomic E-state index is 11.8. The summed E-state index contributed by atoms with van der Waals surface area (Å²) in [7, 11) is 0. The molecule has 7 nitrogen and oxygen atoms in total. The number of oxime groups is 1. The Bertz CT molecular complexity index is 303. The summed E-state index contributed by atoms with van der Waals surface area (Å²) in [5.41, 5.74) is 5.47. The van der Waals surface area contributed by atoms with Gasteiger partial charge in [-0.15, -0.1) is 0 Å². The predicted molar refractivity (Wildman–Crippen MR) is 72.1 cm³/mol. The van der Waals surface area contributed by atoms with E-state index in [4.69, 9.17) is 15.7 Å². The molecular weight excluding hydrogens is 248 g/mol. The maximum atomic E-state index is 11.8. The lowest BCUT2D eigenvalue weighted by molar-refractivity contribution is -0.123. The molecule has 1 saturated heterocycles. The highest BCUT2D eigenvalue weighted by Crippen LogP contribution is 2.03. The number of hydrogen-bond donors (Lipinski definition) is 3. The van der Waals surface area contributed by atoms with Crippen LogP contribution in [-0.2, 0) is 9.53 Å². The van der Waals surface area contributed by atoms with E-state index in [2.05, 4.69) is 15.4 Å². The van der Waals surface area contributed by atoms with Crippen LogP contribution in [0.4, 0.5) is 0 Å². The van der Waals surface area contributed by atoms with Gasteiger partial charge in [-0.3, -0.25) is 9.69 Å². The van der Waals surface area contributed by atoms with Crippen molar-refractivity contribution in [3.8, 4) is 0 Å². The van der Waals surface area contributed by atoms with Gasteiger partial charge in [-0.05, 0) is 19.4 Å². The number of carbonyl (C=O) groups excluding carboxylic acids is 1. The van der Waals surface area contributed by atoms with E-state index in [1.165, 1.54) is 0 Å². The molecule has 1 rings (SSSR count). The summed E-state index contributed by atoms with van der Waals surface area (Å²) in [5.74, 6) is -0.763. The summed E-state index contributed by atoms with van der Waals surface area (Å²) in [4.78, 5) is 14.1. The smallest absolute Gasteiger partial charge is 0.230 e. The molecule has 0 aromatic heterocycles. The first-order chi connectivity index (χ1) is 9.19. The molecule has 0 radical (unpaired) electrons. The molecule has 1 aliphatic rings. The summed E-state index contributed by atoms with van der Waals surface area (Å²) in [6.45, 7) is 6.86. The predicted octanol–water partition coefficient (Wildman–Crippen LogP) is -0.402. The summed E-state index contributed by atoms with van der Waals surface area (Å²) in [6.07, 6.45) is 1.41. The number of amides is 1. The molecule has 0 saturated carbocycles. The number of carbonyl (C=O) groups is 1. The fraction of sp³-hybridized carbons (Fsp3) is 0.833. The zero-order valence-electron chi connectivity index (χ0n) is 11.5. The Labute approximate surface area is 113 Å². The standard InChI is InChI=1S/C12H24N4O3/c1-2-10(11(13)15-18)12(17)14-4-3-5-16-6-8-19-9-7-16/h10,18H,2-9H2,1H3,(H2,13,15)(H,14,17). The van der Waals surface area contributed by atoms with Crippen LogP contribution in [0.25, 0.3) is 0 Å². The van der Waals surface area contributed by atoms with Crippen LogP contribution in [-0.4, -0.2) is 61.2 Å². The average Bonchev–Trinajstić information content (AvgIpc) is 2.45. The number of nitrogens with two attached hydrogens (primary N) is 1. The molecule has 1 fully saturated rings. The van der Waals surface area contributed by atoms with E-state index in [1.807, 2.05) is 6.92 Å². The molecular formula is C12H24N4O3. The van der Waals surface area contributed by atoms with Gasteiger partial charge < -0.3 is 21.0 Å². The topological polar surface area (TPSA) is 100 Å². The van der Waals surface area contributed by atoms with Crippen molar-refractivity contribution in [1.82, 2.24) is 10.2 Å². The van der Waals surface area contributed by atoms with Crippen molar-refractivity contribution in [2.75, 3.05) is 39.4 Å².